The van der Waals surface area contributed by atoms with Crippen LogP contribution in [0.2, 0.25) is 0 Å². The van der Waals surface area contributed by atoms with E-state index in [1.54, 1.807) is 0 Å². The molecule has 1 aliphatic heterocycles. The third-order valence-corrected chi connectivity index (χ3v) is 4.06. The van der Waals surface area contributed by atoms with Crippen molar-refractivity contribution in [1.29, 1.82) is 0 Å². The Morgan fingerprint density at radius 3 is 2.50 bits per heavy atom. The number of hydrogen-bond acceptors (Lipinski definition) is 3. The van der Waals surface area contributed by atoms with Gasteiger partial charge in [-0.15, -0.1) is 0 Å². The Morgan fingerprint density at radius 1 is 1.28 bits per heavy atom. The number of benzene rings is 1. The fraction of sp³-hybridized carbons (Fsp3) is 0.533. The van der Waals surface area contributed by atoms with Crippen LogP contribution in [0.1, 0.15) is 18.1 Å². The molecule has 0 N–H and O–H groups in total. The van der Waals surface area contributed by atoms with Gasteiger partial charge in [-0.2, -0.15) is 0 Å². The zero-order chi connectivity index (χ0) is 13.0. The van der Waals surface area contributed by atoms with Crippen LogP contribution < -0.4 is 0 Å². The topological polar surface area (TPSA) is 12.5 Å². The fourth-order valence-corrected chi connectivity index (χ4v) is 2.47. The second kappa shape index (κ2) is 6.41. The second-order valence-corrected chi connectivity index (χ2v) is 5.48. The van der Waals surface area contributed by atoms with Gasteiger partial charge in [-0.05, 0) is 12.5 Å². The largest absolute Gasteiger partial charge is 0.379 e. The molecule has 1 atom stereocenters. The number of morpholine rings is 1. The highest BCUT2D eigenvalue weighted by Crippen LogP contribution is 2.13. The molecule has 0 aromatic heterocycles. The highest BCUT2D eigenvalue weighted by molar-refractivity contribution is 7.80. The van der Waals surface area contributed by atoms with E-state index >= 15 is 0 Å². The van der Waals surface area contributed by atoms with Gasteiger partial charge in [0.15, 0.2) is 0 Å². The smallest absolute Gasteiger partial charge is 0.0594 e. The molecule has 0 spiro atoms. The summed E-state index contributed by atoms with van der Waals surface area (Å²) in [5.74, 6) is 0.417. The van der Waals surface area contributed by atoms with E-state index in [1.807, 2.05) is 0 Å². The molecule has 1 aromatic rings. The lowest BCUT2D eigenvalue weighted by Gasteiger charge is -2.29. The average Bonchev–Trinajstić information content (AvgIpc) is 2.40. The van der Waals surface area contributed by atoms with Gasteiger partial charge in [-0.25, -0.2) is 0 Å². The van der Waals surface area contributed by atoms with Crippen LogP contribution in [-0.2, 0) is 4.74 Å². The van der Waals surface area contributed by atoms with Crippen molar-refractivity contribution in [3.63, 3.8) is 0 Å². The summed E-state index contributed by atoms with van der Waals surface area (Å²) in [6.45, 7) is 9.12. The first-order valence-electron chi connectivity index (χ1n) is 6.58. The lowest BCUT2D eigenvalue weighted by atomic mass is 9.99. The fourth-order valence-electron chi connectivity index (χ4n) is 2.26. The summed E-state index contributed by atoms with van der Waals surface area (Å²) < 4.78 is 5.37. The van der Waals surface area contributed by atoms with Crippen molar-refractivity contribution >= 4 is 17.1 Å². The number of ether oxygens (including phenoxy) is 1. The van der Waals surface area contributed by atoms with E-state index in [-0.39, 0.29) is 0 Å². The quantitative estimate of drug-likeness (QED) is 0.612. The van der Waals surface area contributed by atoms with E-state index in [4.69, 9.17) is 17.0 Å². The van der Waals surface area contributed by atoms with Gasteiger partial charge in [0.05, 0.1) is 13.2 Å². The number of aryl methyl sites for hydroxylation is 1. The van der Waals surface area contributed by atoms with Crippen molar-refractivity contribution in [2.75, 3.05) is 32.8 Å². The Balaban J connectivity index is 1.93. The zero-order valence-corrected chi connectivity index (χ0v) is 12.0. The van der Waals surface area contributed by atoms with Gasteiger partial charge in [0.2, 0.25) is 0 Å². The molecule has 1 heterocycles. The van der Waals surface area contributed by atoms with E-state index in [0.29, 0.717) is 5.92 Å². The molecule has 1 unspecified atom stereocenters. The summed E-state index contributed by atoms with van der Waals surface area (Å²) in [5, 5.41) is 0. The van der Waals surface area contributed by atoms with Crippen molar-refractivity contribution < 1.29 is 4.74 Å². The normalized spacial score (nSPS) is 18.6. The third kappa shape index (κ3) is 3.61. The summed E-state index contributed by atoms with van der Waals surface area (Å²) in [6, 6.07) is 8.52. The molecule has 0 amide bonds. The van der Waals surface area contributed by atoms with Crippen molar-refractivity contribution in [3.8, 4) is 0 Å². The molecule has 0 saturated carbocycles. The van der Waals surface area contributed by atoms with E-state index < -0.39 is 0 Å². The van der Waals surface area contributed by atoms with E-state index in [9.17, 15) is 0 Å². The summed E-state index contributed by atoms with van der Waals surface area (Å²) in [4.78, 5) is 3.51. The second-order valence-electron chi connectivity index (χ2n) is 5.04. The predicted molar refractivity (Wildman–Crippen MR) is 79.3 cm³/mol. The molecule has 0 bridgehead atoms. The first-order chi connectivity index (χ1) is 8.66. The molecule has 18 heavy (non-hydrogen) atoms. The van der Waals surface area contributed by atoms with Crippen LogP contribution >= 0.6 is 12.2 Å². The van der Waals surface area contributed by atoms with Gasteiger partial charge >= 0.3 is 0 Å². The highest BCUT2D eigenvalue weighted by atomic mass is 32.1. The average molecular weight is 263 g/mol. The number of rotatable bonds is 4. The summed E-state index contributed by atoms with van der Waals surface area (Å²) in [5.41, 5.74) is 2.47. The van der Waals surface area contributed by atoms with E-state index in [0.717, 1.165) is 37.7 Å². The third-order valence-electron chi connectivity index (χ3n) is 3.42. The van der Waals surface area contributed by atoms with Crippen LogP contribution in [0, 0.1) is 12.8 Å². The molecular weight excluding hydrogens is 242 g/mol. The molecule has 2 rings (SSSR count). The van der Waals surface area contributed by atoms with Gasteiger partial charge in [-0.1, -0.05) is 49.0 Å². The monoisotopic (exact) mass is 263 g/mol. The van der Waals surface area contributed by atoms with Gasteiger partial charge in [0, 0.05) is 30.4 Å². The minimum Gasteiger partial charge on any atom is -0.379 e. The molecule has 1 aromatic carbocycles. The van der Waals surface area contributed by atoms with Crippen LogP contribution in [0.25, 0.3) is 0 Å². The lowest BCUT2D eigenvalue weighted by molar-refractivity contribution is 0.0353. The first-order valence-corrected chi connectivity index (χ1v) is 6.98. The van der Waals surface area contributed by atoms with E-state index in [1.165, 1.54) is 11.1 Å². The highest BCUT2D eigenvalue weighted by Gasteiger charge is 2.17. The van der Waals surface area contributed by atoms with Crippen LogP contribution in [0.4, 0.5) is 0 Å². The maximum atomic E-state index is 5.60. The van der Waals surface area contributed by atoms with Gasteiger partial charge in [0.1, 0.15) is 0 Å². The molecule has 1 aliphatic rings. The minimum atomic E-state index is 0.417. The van der Waals surface area contributed by atoms with Crippen LogP contribution in [0.15, 0.2) is 24.3 Å². The van der Waals surface area contributed by atoms with Crippen LogP contribution in [-0.4, -0.2) is 42.6 Å². The van der Waals surface area contributed by atoms with Crippen LogP contribution in [0.5, 0.6) is 0 Å². The Morgan fingerprint density at radius 2 is 1.89 bits per heavy atom. The molecular formula is C15H21NOS. The Labute approximate surface area is 115 Å². The van der Waals surface area contributed by atoms with Gasteiger partial charge in [0.25, 0.3) is 0 Å². The molecule has 0 radical (unpaired) electrons. The molecule has 0 aliphatic carbocycles. The lowest BCUT2D eigenvalue weighted by Crippen LogP contribution is -2.40. The molecule has 98 valence electrons. The van der Waals surface area contributed by atoms with Crippen molar-refractivity contribution in [1.82, 2.24) is 4.90 Å². The minimum absolute atomic E-state index is 0.417. The first kappa shape index (κ1) is 13.7. The number of hydrogen-bond donors (Lipinski definition) is 0. The van der Waals surface area contributed by atoms with Gasteiger partial charge < -0.3 is 4.74 Å². The van der Waals surface area contributed by atoms with Crippen molar-refractivity contribution in [2.24, 2.45) is 5.92 Å². The van der Waals surface area contributed by atoms with Crippen molar-refractivity contribution in [3.05, 3.63) is 35.4 Å². The summed E-state index contributed by atoms with van der Waals surface area (Å²) in [7, 11) is 0. The number of nitrogens with zero attached hydrogens (tertiary/aromatic N) is 1. The standard InChI is InChI=1S/C15H21NOS/c1-12-3-5-14(6-4-12)15(18)13(2)11-16-7-9-17-10-8-16/h3-6,13H,7-11H2,1-2H3. The molecule has 3 heteroatoms. The predicted octanol–water partition coefficient (Wildman–Crippen LogP) is 2.68. The maximum Gasteiger partial charge on any atom is 0.0594 e. The Hall–Kier alpha value is -0.770. The molecule has 2 nitrogen and oxygen atoms in total. The maximum absolute atomic E-state index is 5.60. The van der Waals surface area contributed by atoms with Crippen LogP contribution in [0.3, 0.4) is 0 Å². The van der Waals surface area contributed by atoms with Crippen molar-refractivity contribution in [2.45, 2.75) is 13.8 Å². The summed E-state index contributed by atoms with van der Waals surface area (Å²) >= 11 is 5.60. The zero-order valence-electron chi connectivity index (χ0n) is 11.2. The number of thiocarbonyl (C=S) groups is 1. The summed E-state index contributed by atoms with van der Waals surface area (Å²) in [6.07, 6.45) is 0. The Kier molecular flexibility index (Phi) is 4.87. The molecule has 1 saturated heterocycles. The Bertz CT molecular complexity index is 395. The van der Waals surface area contributed by atoms with E-state index in [2.05, 4.69) is 43.0 Å². The SMILES string of the molecule is Cc1ccc(C(=S)C(C)CN2CCOCC2)cc1. The van der Waals surface area contributed by atoms with Gasteiger partial charge in [-0.3, -0.25) is 4.90 Å². The molecule has 1 fully saturated rings.